The molecule has 0 atom stereocenters. The van der Waals surface area contributed by atoms with Crippen molar-refractivity contribution in [1.29, 1.82) is 10.8 Å². The van der Waals surface area contributed by atoms with Crippen molar-refractivity contribution < 1.29 is 4.79 Å². The van der Waals surface area contributed by atoms with Gasteiger partial charge in [0.25, 0.3) is 0 Å². The van der Waals surface area contributed by atoms with Crippen LogP contribution in [0.4, 0.5) is 4.79 Å². The van der Waals surface area contributed by atoms with E-state index in [9.17, 15) is 4.79 Å². The maximum absolute atomic E-state index is 11.1. The monoisotopic (exact) mass is 264 g/mol. The number of amides is 2. The van der Waals surface area contributed by atoms with Crippen LogP contribution in [-0.4, -0.2) is 41.0 Å². The minimum atomic E-state index is -0.270. The number of carbonyl (C=O) groups excluding carboxylic acids is 1. The van der Waals surface area contributed by atoms with Gasteiger partial charge < -0.3 is 22.1 Å². The Balaban J connectivity index is 3.31. The van der Waals surface area contributed by atoms with Crippen molar-refractivity contribution in [2.75, 3.05) is 24.6 Å². The zero-order chi connectivity index (χ0) is 12.4. The van der Waals surface area contributed by atoms with Gasteiger partial charge in [-0.25, -0.2) is 4.79 Å². The molecule has 0 unspecified atom stereocenters. The Labute approximate surface area is 102 Å². The minimum Gasteiger partial charge on any atom is -0.379 e. The maximum atomic E-state index is 11.1. The summed E-state index contributed by atoms with van der Waals surface area (Å²) in [5.74, 6) is 1.15. The summed E-state index contributed by atoms with van der Waals surface area (Å²) in [5.41, 5.74) is 10.2. The van der Waals surface area contributed by atoms with Crippen LogP contribution in [0.5, 0.6) is 0 Å². The summed E-state index contributed by atoms with van der Waals surface area (Å²) in [6, 6.07) is -0.270. The van der Waals surface area contributed by atoms with Gasteiger partial charge in [0, 0.05) is 24.6 Å². The molecule has 0 aromatic heterocycles. The number of hydrogen-bond donors (Lipinski definition) is 6. The zero-order valence-electron chi connectivity index (χ0n) is 8.71. The van der Waals surface area contributed by atoms with Gasteiger partial charge in [-0.1, -0.05) is 23.5 Å². The Morgan fingerprint density at radius 3 is 1.69 bits per heavy atom. The molecule has 0 fully saturated rings. The topological polar surface area (TPSA) is 141 Å². The van der Waals surface area contributed by atoms with Crippen LogP contribution in [0.15, 0.2) is 0 Å². The number of rotatable bonds is 6. The first-order valence-corrected chi connectivity index (χ1v) is 6.45. The van der Waals surface area contributed by atoms with E-state index in [4.69, 9.17) is 22.3 Å². The summed E-state index contributed by atoms with van der Waals surface area (Å²) in [7, 11) is 0. The molecule has 0 bridgehead atoms. The molecular formula is C7H16N6OS2. The van der Waals surface area contributed by atoms with E-state index in [2.05, 4.69) is 10.6 Å². The van der Waals surface area contributed by atoms with Gasteiger partial charge in [-0.3, -0.25) is 10.8 Å². The van der Waals surface area contributed by atoms with Crippen LogP contribution in [0.25, 0.3) is 0 Å². The predicted molar refractivity (Wildman–Crippen MR) is 70.1 cm³/mol. The van der Waals surface area contributed by atoms with Gasteiger partial charge >= 0.3 is 6.03 Å². The molecule has 0 aromatic carbocycles. The Bertz CT molecular complexity index is 235. The standard InChI is InChI=1S/C7H16N6OS2/c8-5(9)15-3-1-12-7(14)13-2-4-16-6(10)11/h1-4H2,(H3,8,9)(H3,10,11)(H2,12,13,14). The smallest absolute Gasteiger partial charge is 0.314 e. The van der Waals surface area contributed by atoms with E-state index in [-0.39, 0.29) is 16.4 Å². The molecule has 9 heteroatoms. The first-order chi connectivity index (χ1) is 7.52. The fraction of sp³-hybridized carbons (Fsp3) is 0.571. The lowest BCUT2D eigenvalue weighted by molar-refractivity contribution is 0.242. The van der Waals surface area contributed by atoms with E-state index in [0.29, 0.717) is 24.6 Å². The highest BCUT2D eigenvalue weighted by Gasteiger charge is 1.99. The molecule has 0 radical (unpaired) electrons. The average Bonchev–Trinajstić information content (AvgIpc) is 2.19. The van der Waals surface area contributed by atoms with Gasteiger partial charge in [-0.15, -0.1) is 0 Å². The molecule has 8 N–H and O–H groups in total. The Hall–Kier alpha value is -1.09. The lowest BCUT2D eigenvalue weighted by Crippen LogP contribution is -2.38. The molecule has 7 nitrogen and oxygen atoms in total. The van der Waals surface area contributed by atoms with Crippen molar-refractivity contribution in [2.24, 2.45) is 11.5 Å². The third kappa shape index (κ3) is 11.0. The molecule has 0 saturated carbocycles. The van der Waals surface area contributed by atoms with E-state index in [0.717, 1.165) is 0 Å². The first-order valence-electron chi connectivity index (χ1n) is 4.47. The van der Waals surface area contributed by atoms with Crippen LogP contribution in [0.1, 0.15) is 0 Å². The lowest BCUT2D eigenvalue weighted by Gasteiger charge is -2.06. The van der Waals surface area contributed by atoms with Gasteiger partial charge in [-0.2, -0.15) is 0 Å². The summed E-state index contributed by atoms with van der Waals surface area (Å²) in [6.45, 7) is 0.909. The molecule has 0 rings (SSSR count). The normalized spacial score (nSPS) is 9.50. The van der Waals surface area contributed by atoms with Crippen LogP contribution in [0, 0.1) is 10.8 Å². The molecule has 0 aliphatic heterocycles. The van der Waals surface area contributed by atoms with Crippen molar-refractivity contribution in [1.82, 2.24) is 10.6 Å². The van der Waals surface area contributed by atoms with Crippen molar-refractivity contribution in [3.8, 4) is 0 Å². The minimum absolute atomic E-state index is 0.0417. The molecular weight excluding hydrogens is 248 g/mol. The number of carbonyl (C=O) groups is 1. The van der Waals surface area contributed by atoms with E-state index in [1.807, 2.05) is 0 Å². The number of nitrogens with two attached hydrogens (primary N) is 2. The SMILES string of the molecule is N=C(N)SCCNC(=O)NCCSC(=N)N. The zero-order valence-corrected chi connectivity index (χ0v) is 10.3. The van der Waals surface area contributed by atoms with Gasteiger partial charge in [0.15, 0.2) is 10.3 Å². The summed E-state index contributed by atoms with van der Waals surface area (Å²) in [4.78, 5) is 11.1. The van der Waals surface area contributed by atoms with Gasteiger partial charge in [0.05, 0.1) is 0 Å². The number of urea groups is 1. The number of hydrogen-bond acceptors (Lipinski definition) is 5. The summed E-state index contributed by atoms with van der Waals surface area (Å²) in [5, 5.41) is 19.2. The average molecular weight is 264 g/mol. The maximum Gasteiger partial charge on any atom is 0.314 e. The lowest BCUT2D eigenvalue weighted by atomic mass is 10.7. The highest BCUT2D eigenvalue weighted by atomic mass is 32.2. The second-order valence-electron chi connectivity index (χ2n) is 2.61. The van der Waals surface area contributed by atoms with E-state index in [1.165, 1.54) is 23.5 Å². The molecule has 0 saturated heterocycles. The van der Waals surface area contributed by atoms with Crippen molar-refractivity contribution in [3.63, 3.8) is 0 Å². The summed E-state index contributed by atoms with van der Waals surface area (Å²) >= 11 is 2.35. The van der Waals surface area contributed by atoms with Gasteiger partial charge in [0.1, 0.15) is 0 Å². The van der Waals surface area contributed by atoms with E-state index < -0.39 is 0 Å². The molecule has 0 aliphatic rings. The number of amidine groups is 2. The van der Waals surface area contributed by atoms with Crippen molar-refractivity contribution in [3.05, 3.63) is 0 Å². The molecule has 16 heavy (non-hydrogen) atoms. The predicted octanol–water partition coefficient (Wildman–Crippen LogP) is -0.461. The quantitative estimate of drug-likeness (QED) is 0.219. The third-order valence-electron chi connectivity index (χ3n) is 1.29. The van der Waals surface area contributed by atoms with Gasteiger partial charge in [0.2, 0.25) is 0 Å². The highest BCUT2D eigenvalue weighted by molar-refractivity contribution is 8.13. The third-order valence-corrected chi connectivity index (χ3v) is 2.73. The largest absolute Gasteiger partial charge is 0.379 e. The molecule has 0 aliphatic carbocycles. The fourth-order valence-electron chi connectivity index (χ4n) is 0.714. The molecule has 92 valence electrons. The Morgan fingerprint density at radius 2 is 1.38 bits per heavy atom. The van der Waals surface area contributed by atoms with Crippen molar-refractivity contribution in [2.45, 2.75) is 0 Å². The molecule has 0 spiro atoms. The van der Waals surface area contributed by atoms with Crippen LogP contribution in [-0.2, 0) is 0 Å². The van der Waals surface area contributed by atoms with Crippen LogP contribution in [0.3, 0.4) is 0 Å². The second kappa shape index (κ2) is 9.16. The van der Waals surface area contributed by atoms with Crippen LogP contribution >= 0.6 is 23.5 Å². The summed E-state index contributed by atoms with van der Waals surface area (Å²) < 4.78 is 0. The van der Waals surface area contributed by atoms with Crippen molar-refractivity contribution >= 4 is 39.9 Å². The van der Waals surface area contributed by atoms with E-state index in [1.54, 1.807) is 0 Å². The fourth-order valence-corrected chi connectivity index (χ4v) is 1.56. The highest BCUT2D eigenvalue weighted by Crippen LogP contribution is 1.95. The van der Waals surface area contributed by atoms with E-state index >= 15 is 0 Å². The number of thioether (sulfide) groups is 2. The first kappa shape index (κ1) is 14.9. The Kier molecular flexibility index (Phi) is 8.53. The molecule has 0 aromatic rings. The number of nitrogens with one attached hydrogen (secondary N) is 4. The molecule has 0 heterocycles. The van der Waals surface area contributed by atoms with Gasteiger partial charge in [-0.05, 0) is 0 Å². The summed E-state index contributed by atoms with van der Waals surface area (Å²) in [6.07, 6.45) is 0. The Morgan fingerprint density at radius 1 is 1.00 bits per heavy atom. The van der Waals surface area contributed by atoms with Crippen LogP contribution < -0.4 is 22.1 Å². The molecule has 2 amide bonds. The van der Waals surface area contributed by atoms with Crippen LogP contribution in [0.2, 0.25) is 0 Å². The second-order valence-corrected chi connectivity index (χ2v) is 4.88.